The molecule has 2 N–H and O–H groups in total. The Morgan fingerprint density at radius 3 is 2.93 bits per heavy atom. The van der Waals surface area contributed by atoms with Gasteiger partial charge in [-0.25, -0.2) is 10.0 Å². The highest BCUT2D eigenvalue weighted by Gasteiger charge is 2.37. The van der Waals surface area contributed by atoms with Crippen molar-refractivity contribution in [1.29, 1.82) is 0 Å². The maximum Gasteiger partial charge on any atom is 0.248 e. The second-order valence-electron chi connectivity index (χ2n) is 7.15. The molecule has 1 aliphatic rings. The Hall–Kier alpha value is -2.48. The maximum atomic E-state index is 13.0. The van der Waals surface area contributed by atoms with Gasteiger partial charge < -0.3 is 10.2 Å². The number of hydrogen-bond acceptors (Lipinski definition) is 5. The van der Waals surface area contributed by atoms with Gasteiger partial charge in [-0.15, -0.1) is 0 Å². The van der Waals surface area contributed by atoms with Crippen molar-refractivity contribution in [3.8, 4) is 0 Å². The first kappa shape index (κ1) is 21.8. The molecule has 0 spiro atoms. The Balaban J connectivity index is 2.08. The molecule has 28 heavy (non-hydrogen) atoms. The summed E-state index contributed by atoms with van der Waals surface area (Å²) >= 11 is 0. The SMILES string of the molecule is CCCC[C@H](CN(O)C=O)C(=O)N1CCC[C@H]1C(=O)Nc1cc(CC)ccn1. The van der Waals surface area contributed by atoms with E-state index in [1.165, 1.54) is 0 Å². The van der Waals surface area contributed by atoms with Crippen LogP contribution in [0.3, 0.4) is 0 Å². The average molecular weight is 390 g/mol. The number of likely N-dealkylation sites (tertiary alicyclic amines) is 1. The summed E-state index contributed by atoms with van der Waals surface area (Å²) in [5.74, 6) is -0.488. The van der Waals surface area contributed by atoms with Gasteiger partial charge in [0, 0.05) is 12.7 Å². The van der Waals surface area contributed by atoms with E-state index in [2.05, 4.69) is 10.3 Å². The zero-order valence-electron chi connectivity index (χ0n) is 16.6. The van der Waals surface area contributed by atoms with Crippen LogP contribution in [0.4, 0.5) is 5.82 Å². The van der Waals surface area contributed by atoms with Gasteiger partial charge in [0.15, 0.2) is 0 Å². The van der Waals surface area contributed by atoms with Crippen LogP contribution in [0.1, 0.15) is 51.5 Å². The van der Waals surface area contributed by atoms with Crippen LogP contribution in [0.2, 0.25) is 0 Å². The molecule has 0 saturated carbocycles. The van der Waals surface area contributed by atoms with Crippen molar-refractivity contribution in [2.75, 3.05) is 18.4 Å². The number of nitrogens with one attached hydrogen (secondary N) is 1. The van der Waals surface area contributed by atoms with Crippen LogP contribution in [0.15, 0.2) is 18.3 Å². The number of unbranched alkanes of at least 4 members (excludes halogenated alkanes) is 1. The lowest BCUT2D eigenvalue weighted by atomic mass is 9.99. The first-order chi connectivity index (χ1) is 13.5. The lowest BCUT2D eigenvalue weighted by Gasteiger charge is -2.29. The Morgan fingerprint density at radius 2 is 2.25 bits per heavy atom. The Morgan fingerprint density at radius 1 is 1.46 bits per heavy atom. The Bertz CT molecular complexity index is 682. The minimum absolute atomic E-state index is 0.0622. The number of rotatable bonds is 10. The van der Waals surface area contributed by atoms with Crippen molar-refractivity contribution in [2.24, 2.45) is 5.92 Å². The monoisotopic (exact) mass is 390 g/mol. The summed E-state index contributed by atoms with van der Waals surface area (Å²) in [7, 11) is 0. The molecule has 0 aliphatic carbocycles. The van der Waals surface area contributed by atoms with Crippen LogP contribution in [-0.4, -0.2) is 57.5 Å². The molecule has 0 radical (unpaired) electrons. The summed E-state index contributed by atoms with van der Waals surface area (Å²) in [5.41, 5.74) is 1.07. The normalized spacial score (nSPS) is 17.2. The van der Waals surface area contributed by atoms with E-state index in [0.29, 0.717) is 36.7 Å². The van der Waals surface area contributed by atoms with Gasteiger partial charge in [0.2, 0.25) is 18.2 Å². The molecule has 2 atom stereocenters. The summed E-state index contributed by atoms with van der Waals surface area (Å²) in [6, 6.07) is 3.16. The van der Waals surface area contributed by atoms with E-state index in [4.69, 9.17) is 0 Å². The molecular formula is C20H30N4O4. The number of amides is 3. The number of carbonyl (C=O) groups excluding carboxylic acids is 3. The van der Waals surface area contributed by atoms with Crippen LogP contribution in [0.25, 0.3) is 0 Å². The molecule has 2 heterocycles. The molecule has 8 heteroatoms. The maximum absolute atomic E-state index is 13.0. The van der Waals surface area contributed by atoms with E-state index in [-0.39, 0.29) is 18.4 Å². The summed E-state index contributed by atoms with van der Waals surface area (Å²) in [5, 5.41) is 12.9. The quantitative estimate of drug-likeness (QED) is 0.362. The molecule has 0 aromatic carbocycles. The first-order valence-electron chi connectivity index (χ1n) is 9.97. The topological polar surface area (TPSA) is 103 Å². The van der Waals surface area contributed by atoms with Gasteiger partial charge in [-0.3, -0.25) is 19.6 Å². The largest absolute Gasteiger partial charge is 0.330 e. The second kappa shape index (κ2) is 10.8. The van der Waals surface area contributed by atoms with Gasteiger partial charge in [0.05, 0.1) is 12.5 Å². The molecule has 1 saturated heterocycles. The van der Waals surface area contributed by atoms with E-state index in [1.54, 1.807) is 11.1 Å². The van der Waals surface area contributed by atoms with Gasteiger partial charge in [0.25, 0.3) is 0 Å². The van der Waals surface area contributed by atoms with E-state index < -0.39 is 12.0 Å². The third-order valence-electron chi connectivity index (χ3n) is 5.11. The molecule has 2 rings (SSSR count). The van der Waals surface area contributed by atoms with Gasteiger partial charge in [-0.05, 0) is 43.4 Å². The van der Waals surface area contributed by atoms with Crippen LogP contribution < -0.4 is 5.32 Å². The molecule has 0 bridgehead atoms. The zero-order valence-corrected chi connectivity index (χ0v) is 16.6. The molecule has 1 aromatic heterocycles. The minimum Gasteiger partial charge on any atom is -0.330 e. The van der Waals surface area contributed by atoms with E-state index in [9.17, 15) is 19.6 Å². The van der Waals surface area contributed by atoms with E-state index >= 15 is 0 Å². The molecule has 154 valence electrons. The molecule has 1 aromatic rings. The summed E-state index contributed by atoms with van der Waals surface area (Å²) in [6.07, 6.45) is 6.39. The zero-order chi connectivity index (χ0) is 20.5. The van der Waals surface area contributed by atoms with Crippen molar-refractivity contribution >= 4 is 24.0 Å². The average Bonchev–Trinajstić information content (AvgIpc) is 3.20. The lowest BCUT2D eigenvalue weighted by molar-refractivity contribution is -0.157. The smallest absolute Gasteiger partial charge is 0.248 e. The Labute approximate surface area is 165 Å². The summed E-state index contributed by atoms with van der Waals surface area (Å²) in [6.45, 7) is 4.47. The van der Waals surface area contributed by atoms with Gasteiger partial charge >= 0.3 is 0 Å². The molecule has 0 unspecified atom stereocenters. The third-order valence-corrected chi connectivity index (χ3v) is 5.11. The predicted molar refractivity (Wildman–Crippen MR) is 105 cm³/mol. The van der Waals surface area contributed by atoms with Gasteiger partial charge in [0.1, 0.15) is 11.9 Å². The minimum atomic E-state index is -0.563. The summed E-state index contributed by atoms with van der Waals surface area (Å²) < 4.78 is 0. The summed E-state index contributed by atoms with van der Waals surface area (Å²) in [4.78, 5) is 42.4. The molecule has 1 aliphatic heterocycles. The molecular weight excluding hydrogens is 360 g/mol. The second-order valence-corrected chi connectivity index (χ2v) is 7.15. The number of hydroxylamine groups is 2. The van der Waals surface area contributed by atoms with Crippen LogP contribution in [0.5, 0.6) is 0 Å². The van der Waals surface area contributed by atoms with E-state index in [1.807, 2.05) is 26.0 Å². The lowest BCUT2D eigenvalue weighted by Crippen LogP contribution is -2.47. The number of anilines is 1. The predicted octanol–water partition coefficient (Wildman–Crippen LogP) is 2.23. The van der Waals surface area contributed by atoms with Crippen molar-refractivity contribution in [2.45, 2.75) is 58.4 Å². The number of carbonyl (C=O) groups is 3. The molecule has 3 amide bonds. The standard InChI is InChI=1S/C20H30N4O4/c1-3-5-7-16(13-23(28)14-25)20(27)24-11-6-8-17(24)19(26)22-18-12-15(4-2)9-10-21-18/h9-10,12,14,16-17,28H,3-8,11,13H2,1-2H3,(H,21,22,26)/t16-,17+/m1/s1. The van der Waals surface area contributed by atoms with Gasteiger partial charge in [-0.1, -0.05) is 26.7 Å². The van der Waals surface area contributed by atoms with E-state index in [0.717, 1.165) is 31.2 Å². The first-order valence-corrected chi connectivity index (χ1v) is 9.97. The highest BCUT2D eigenvalue weighted by Crippen LogP contribution is 2.24. The fourth-order valence-electron chi connectivity index (χ4n) is 3.52. The van der Waals surface area contributed by atoms with Crippen molar-refractivity contribution in [1.82, 2.24) is 14.9 Å². The van der Waals surface area contributed by atoms with Crippen LogP contribution in [0, 0.1) is 5.92 Å². The highest BCUT2D eigenvalue weighted by atomic mass is 16.5. The molecule has 8 nitrogen and oxygen atoms in total. The number of nitrogens with zero attached hydrogens (tertiary/aromatic N) is 3. The number of pyridine rings is 1. The highest BCUT2D eigenvalue weighted by molar-refractivity contribution is 5.97. The van der Waals surface area contributed by atoms with Crippen molar-refractivity contribution in [3.05, 3.63) is 23.9 Å². The van der Waals surface area contributed by atoms with Gasteiger partial charge in [-0.2, -0.15) is 0 Å². The van der Waals surface area contributed by atoms with Crippen LogP contribution >= 0.6 is 0 Å². The number of hydrogen-bond donors (Lipinski definition) is 2. The fourth-order valence-corrected chi connectivity index (χ4v) is 3.52. The number of aryl methyl sites for hydroxylation is 1. The van der Waals surface area contributed by atoms with Crippen LogP contribution in [-0.2, 0) is 20.8 Å². The van der Waals surface area contributed by atoms with Crippen molar-refractivity contribution in [3.63, 3.8) is 0 Å². The fraction of sp³-hybridized carbons (Fsp3) is 0.600. The number of aromatic nitrogens is 1. The third kappa shape index (κ3) is 5.76. The van der Waals surface area contributed by atoms with Crippen molar-refractivity contribution < 1.29 is 19.6 Å². The molecule has 1 fully saturated rings. The Kier molecular flexibility index (Phi) is 8.38.